The van der Waals surface area contributed by atoms with Gasteiger partial charge in [0.15, 0.2) is 0 Å². The standard InChI is InChI=1S/C15H18N4/c1-12-9-16-10-14(18-12)15-6-4-8-19(15)11-13-5-2-3-7-17-13/h2-3,5,7,9-10,15H,4,6,8,11H2,1H3/t15-/m1/s1. The number of hydrogen-bond donors (Lipinski definition) is 0. The molecule has 0 unspecified atom stereocenters. The highest BCUT2D eigenvalue weighted by molar-refractivity contribution is 5.10. The Morgan fingerprint density at radius 2 is 2.26 bits per heavy atom. The SMILES string of the molecule is Cc1cncc([C@H]2CCCN2Cc2ccccn2)n1. The maximum absolute atomic E-state index is 4.62. The summed E-state index contributed by atoms with van der Waals surface area (Å²) in [7, 11) is 0. The second kappa shape index (κ2) is 5.45. The van der Waals surface area contributed by atoms with Crippen molar-refractivity contribution in [1.29, 1.82) is 0 Å². The smallest absolute Gasteiger partial charge is 0.0761 e. The Morgan fingerprint density at radius 3 is 3.05 bits per heavy atom. The van der Waals surface area contributed by atoms with Crippen LogP contribution in [0.3, 0.4) is 0 Å². The molecule has 3 rings (SSSR count). The van der Waals surface area contributed by atoms with Crippen molar-refractivity contribution in [1.82, 2.24) is 19.9 Å². The molecule has 4 nitrogen and oxygen atoms in total. The van der Waals surface area contributed by atoms with E-state index in [2.05, 4.69) is 25.9 Å². The van der Waals surface area contributed by atoms with Crippen LogP contribution in [-0.4, -0.2) is 26.4 Å². The molecule has 1 atom stereocenters. The summed E-state index contributed by atoms with van der Waals surface area (Å²) in [6.45, 7) is 3.99. The van der Waals surface area contributed by atoms with Gasteiger partial charge in [0, 0.05) is 25.1 Å². The molecule has 98 valence electrons. The quantitative estimate of drug-likeness (QED) is 0.844. The zero-order chi connectivity index (χ0) is 13.1. The fourth-order valence-electron chi connectivity index (χ4n) is 2.69. The number of rotatable bonds is 3. The van der Waals surface area contributed by atoms with Crippen LogP contribution in [0.1, 0.15) is 36.0 Å². The summed E-state index contributed by atoms with van der Waals surface area (Å²) in [5.74, 6) is 0. The molecule has 1 aliphatic rings. The summed E-state index contributed by atoms with van der Waals surface area (Å²) < 4.78 is 0. The number of nitrogens with zero attached hydrogens (tertiary/aromatic N) is 4. The van der Waals surface area contributed by atoms with E-state index in [0.29, 0.717) is 6.04 Å². The monoisotopic (exact) mass is 254 g/mol. The van der Waals surface area contributed by atoms with Gasteiger partial charge in [-0.05, 0) is 38.4 Å². The Balaban J connectivity index is 1.78. The third-order valence-corrected chi connectivity index (χ3v) is 3.57. The van der Waals surface area contributed by atoms with Gasteiger partial charge in [-0.1, -0.05) is 6.07 Å². The molecule has 2 aromatic rings. The summed E-state index contributed by atoms with van der Waals surface area (Å²) in [5.41, 5.74) is 3.20. The van der Waals surface area contributed by atoms with Gasteiger partial charge in [0.25, 0.3) is 0 Å². The fraction of sp³-hybridized carbons (Fsp3) is 0.400. The Bertz CT molecular complexity index is 541. The summed E-state index contributed by atoms with van der Waals surface area (Å²) >= 11 is 0. The Kier molecular flexibility index (Phi) is 3.51. The lowest BCUT2D eigenvalue weighted by molar-refractivity contribution is 0.241. The minimum absolute atomic E-state index is 0.384. The third-order valence-electron chi connectivity index (χ3n) is 3.57. The van der Waals surface area contributed by atoms with E-state index in [1.165, 1.54) is 6.42 Å². The average molecular weight is 254 g/mol. The zero-order valence-electron chi connectivity index (χ0n) is 11.2. The van der Waals surface area contributed by atoms with Crippen LogP contribution in [0, 0.1) is 6.92 Å². The highest BCUT2D eigenvalue weighted by Gasteiger charge is 2.27. The first-order valence-corrected chi connectivity index (χ1v) is 6.75. The molecular weight excluding hydrogens is 236 g/mol. The maximum Gasteiger partial charge on any atom is 0.0761 e. The van der Waals surface area contributed by atoms with Crippen LogP contribution in [0.5, 0.6) is 0 Å². The van der Waals surface area contributed by atoms with Crippen molar-refractivity contribution in [2.24, 2.45) is 0 Å². The van der Waals surface area contributed by atoms with E-state index < -0.39 is 0 Å². The molecule has 4 heteroatoms. The second-order valence-electron chi connectivity index (χ2n) is 5.03. The molecule has 0 bridgehead atoms. The summed E-state index contributed by atoms with van der Waals surface area (Å²) in [5, 5.41) is 0. The predicted octanol–water partition coefficient (Wildman–Crippen LogP) is 2.52. The third kappa shape index (κ3) is 2.79. The number of hydrogen-bond acceptors (Lipinski definition) is 4. The first kappa shape index (κ1) is 12.2. The Morgan fingerprint density at radius 1 is 1.32 bits per heavy atom. The molecule has 0 radical (unpaired) electrons. The van der Waals surface area contributed by atoms with Crippen molar-refractivity contribution in [3.8, 4) is 0 Å². The number of aromatic nitrogens is 3. The molecule has 1 saturated heterocycles. The maximum atomic E-state index is 4.62. The Hall–Kier alpha value is -1.81. The lowest BCUT2D eigenvalue weighted by atomic mass is 10.1. The average Bonchev–Trinajstić information content (AvgIpc) is 2.88. The summed E-state index contributed by atoms with van der Waals surface area (Å²) in [6, 6.07) is 6.46. The van der Waals surface area contributed by atoms with E-state index in [1.807, 2.05) is 37.6 Å². The van der Waals surface area contributed by atoms with E-state index in [1.54, 1.807) is 0 Å². The van der Waals surface area contributed by atoms with E-state index >= 15 is 0 Å². The summed E-state index contributed by atoms with van der Waals surface area (Å²) in [4.78, 5) is 15.7. The molecule has 0 N–H and O–H groups in total. The molecular formula is C15H18N4. The van der Waals surface area contributed by atoms with Crippen LogP contribution in [0.25, 0.3) is 0 Å². The van der Waals surface area contributed by atoms with E-state index in [9.17, 15) is 0 Å². The predicted molar refractivity (Wildman–Crippen MR) is 73.4 cm³/mol. The van der Waals surface area contributed by atoms with Gasteiger partial charge in [0.05, 0.1) is 23.1 Å². The van der Waals surface area contributed by atoms with Crippen molar-refractivity contribution in [2.75, 3.05) is 6.54 Å². The van der Waals surface area contributed by atoms with Crippen LogP contribution < -0.4 is 0 Å². The van der Waals surface area contributed by atoms with Gasteiger partial charge >= 0.3 is 0 Å². The molecule has 3 heterocycles. The topological polar surface area (TPSA) is 41.9 Å². The van der Waals surface area contributed by atoms with Crippen LogP contribution in [0.2, 0.25) is 0 Å². The Labute approximate surface area is 113 Å². The number of likely N-dealkylation sites (tertiary alicyclic amines) is 1. The first-order chi connectivity index (χ1) is 9.33. The van der Waals surface area contributed by atoms with Gasteiger partial charge in [-0.25, -0.2) is 0 Å². The van der Waals surface area contributed by atoms with Crippen molar-refractivity contribution in [3.05, 3.63) is 53.9 Å². The molecule has 0 aromatic carbocycles. The van der Waals surface area contributed by atoms with Crippen molar-refractivity contribution < 1.29 is 0 Å². The minimum Gasteiger partial charge on any atom is -0.289 e. The number of aryl methyl sites for hydroxylation is 1. The fourth-order valence-corrected chi connectivity index (χ4v) is 2.69. The lowest BCUT2D eigenvalue weighted by Gasteiger charge is -2.23. The van der Waals surface area contributed by atoms with Gasteiger partial charge in [0.2, 0.25) is 0 Å². The van der Waals surface area contributed by atoms with Crippen molar-refractivity contribution >= 4 is 0 Å². The second-order valence-corrected chi connectivity index (χ2v) is 5.03. The first-order valence-electron chi connectivity index (χ1n) is 6.75. The normalized spacial score (nSPS) is 19.7. The zero-order valence-corrected chi connectivity index (χ0v) is 11.2. The van der Waals surface area contributed by atoms with E-state index in [0.717, 1.165) is 36.6 Å². The minimum atomic E-state index is 0.384. The van der Waals surface area contributed by atoms with Crippen molar-refractivity contribution in [2.45, 2.75) is 32.4 Å². The van der Waals surface area contributed by atoms with E-state index in [4.69, 9.17) is 0 Å². The highest BCUT2D eigenvalue weighted by atomic mass is 15.2. The number of pyridine rings is 1. The van der Waals surface area contributed by atoms with Gasteiger partial charge < -0.3 is 0 Å². The highest BCUT2D eigenvalue weighted by Crippen LogP contribution is 2.31. The van der Waals surface area contributed by atoms with E-state index in [-0.39, 0.29) is 0 Å². The van der Waals surface area contributed by atoms with Crippen LogP contribution in [0.4, 0.5) is 0 Å². The van der Waals surface area contributed by atoms with Gasteiger partial charge in [0.1, 0.15) is 0 Å². The largest absolute Gasteiger partial charge is 0.289 e. The van der Waals surface area contributed by atoms with Gasteiger partial charge in [-0.2, -0.15) is 0 Å². The molecule has 0 aliphatic carbocycles. The van der Waals surface area contributed by atoms with Crippen molar-refractivity contribution in [3.63, 3.8) is 0 Å². The summed E-state index contributed by atoms with van der Waals surface area (Å²) in [6.07, 6.45) is 7.93. The molecule has 1 fully saturated rings. The molecule has 19 heavy (non-hydrogen) atoms. The van der Waals surface area contributed by atoms with Crippen LogP contribution in [0.15, 0.2) is 36.8 Å². The van der Waals surface area contributed by atoms with Gasteiger partial charge in [-0.3, -0.25) is 19.9 Å². The van der Waals surface area contributed by atoms with Crippen LogP contribution in [-0.2, 0) is 6.54 Å². The molecule has 0 spiro atoms. The lowest BCUT2D eigenvalue weighted by Crippen LogP contribution is -2.24. The molecule has 1 aliphatic heterocycles. The molecule has 2 aromatic heterocycles. The van der Waals surface area contributed by atoms with Gasteiger partial charge in [-0.15, -0.1) is 0 Å². The molecule has 0 saturated carbocycles. The van der Waals surface area contributed by atoms with Crippen LogP contribution >= 0.6 is 0 Å². The molecule has 0 amide bonds.